The average molecular weight is 291 g/mol. The van der Waals surface area contributed by atoms with Gasteiger partial charge in [-0.2, -0.15) is 0 Å². The molecule has 1 aromatic carbocycles. The Hall–Kier alpha value is -1.06. The molecule has 0 saturated carbocycles. The van der Waals surface area contributed by atoms with Gasteiger partial charge in [0.1, 0.15) is 12.4 Å². The van der Waals surface area contributed by atoms with Gasteiger partial charge >= 0.3 is 0 Å². The highest BCUT2D eigenvalue weighted by Gasteiger charge is 2.32. The summed E-state index contributed by atoms with van der Waals surface area (Å²) in [7, 11) is 0. The van der Waals surface area contributed by atoms with Crippen LogP contribution in [-0.4, -0.2) is 24.4 Å². The normalized spacial score (nSPS) is 22.3. The van der Waals surface area contributed by atoms with Gasteiger partial charge in [0.25, 0.3) is 0 Å². The number of benzene rings is 1. The van der Waals surface area contributed by atoms with Crippen LogP contribution in [0, 0.1) is 13.8 Å². The first-order valence-corrected chi connectivity index (χ1v) is 7.93. The molecule has 0 spiro atoms. The summed E-state index contributed by atoms with van der Waals surface area (Å²) in [6.45, 7) is 11.2. The zero-order valence-corrected chi connectivity index (χ0v) is 14.0. The lowest BCUT2D eigenvalue weighted by Gasteiger charge is -2.21. The standard InChI is InChI=1S/C18H29NO2/c1-12-8-15(10-14(3)19)9-13(2)17(12)20-11-16-6-7-18(4,5)21-16/h8-9,14,16H,6-7,10-11,19H2,1-5H3. The second kappa shape index (κ2) is 6.37. The molecule has 0 aromatic heterocycles. The van der Waals surface area contributed by atoms with Crippen LogP contribution in [0.3, 0.4) is 0 Å². The summed E-state index contributed by atoms with van der Waals surface area (Å²) in [4.78, 5) is 0. The maximum atomic E-state index is 6.05. The second-order valence-corrected chi connectivity index (χ2v) is 7.09. The Morgan fingerprint density at radius 2 is 1.95 bits per heavy atom. The van der Waals surface area contributed by atoms with Gasteiger partial charge in [-0.1, -0.05) is 12.1 Å². The molecular weight excluding hydrogens is 262 g/mol. The van der Waals surface area contributed by atoms with Crippen molar-refractivity contribution in [2.45, 2.75) is 71.6 Å². The van der Waals surface area contributed by atoms with Gasteiger partial charge in [0, 0.05) is 6.04 Å². The van der Waals surface area contributed by atoms with E-state index in [1.165, 1.54) is 16.7 Å². The smallest absolute Gasteiger partial charge is 0.125 e. The van der Waals surface area contributed by atoms with Crippen molar-refractivity contribution in [2.24, 2.45) is 5.73 Å². The fourth-order valence-corrected chi connectivity index (χ4v) is 3.13. The van der Waals surface area contributed by atoms with E-state index in [9.17, 15) is 0 Å². The van der Waals surface area contributed by atoms with Crippen LogP contribution in [-0.2, 0) is 11.2 Å². The van der Waals surface area contributed by atoms with Gasteiger partial charge in [0.2, 0.25) is 0 Å². The van der Waals surface area contributed by atoms with E-state index in [0.717, 1.165) is 25.0 Å². The highest BCUT2D eigenvalue weighted by atomic mass is 16.6. The second-order valence-electron chi connectivity index (χ2n) is 7.09. The fraction of sp³-hybridized carbons (Fsp3) is 0.667. The molecule has 3 heteroatoms. The zero-order valence-electron chi connectivity index (χ0n) is 14.0. The number of nitrogens with two attached hydrogens (primary N) is 1. The SMILES string of the molecule is Cc1cc(CC(C)N)cc(C)c1OCC1CCC(C)(C)O1. The summed E-state index contributed by atoms with van der Waals surface area (Å²) in [5, 5.41) is 0. The molecule has 21 heavy (non-hydrogen) atoms. The van der Waals surface area contributed by atoms with E-state index in [0.29, 0.717) is 6.61 Å². The van der Waals surface area contributed by atoms with Gasteiger partial charge in [-0.25, -0.2) is 0 Å². The molecule has 1 saturated heterocycles. The van der Waals surface area contributed by atoms with Gasteiger partial charge in [-0.3, -0.25) is 0 Å². The third kappa shape index (κ3) is 4.45. The largest absolute Gasteiger partial charge is 0.490 e. The lowest BCUT2D eigenvalue weighted by molar-refractivity contribution is -0.0328. The van der Waals surface area contributed by atoms with Gasteiger partial charge in [-0.05, 0) is 70.6 Å². The Morgan fingerprint density at radius 1 is 1.33 bits per heavy atom. The van der Waals surface area contributed by atoms with Crippen molar-refractivity contribution in [1.29, 1.82) is 0 Å². The average Bonchev–Trinajstić information content (AvgIpc) is 2.67. The summed E-state index contributed by atoms with van der Waals surface area (Å²) in [5.41, 5.74) is 9.53. The monoisotopic (exact) mass is 291 g/mol. The van der Waals surface area contributed by atoms with E-state index < -0.39 is 0 Å². The molecule has 1 heterocycles. The molecule has 2 atom stereocenters. The van der Waals surface area contributed by atoms with Gasteiger partial charge < -0.3 is 15.2 Å². The van der Waals surface area contributed by atoms with E-state index in [2.05, 4.69) is 39.8 Å². The van der Waals surface area contributed by atoms with Crippen molar-refractivity contribution in [3.8, 4) is 5.75 Å². The molecule has 2 N–H and O–H groups in total. The quantitative estimate of drug-likeness (QED) is 0.902. The summed E-state index contributed by atoms with van der Waals surface area (Å²) < 4.78 is 12.0. The van der Waals surface area contributed by atoms with Crippen LogP contribution in [0.2, 0.25) is 0 Å². The number of hydrogen-bond acceptors (Lipinski definition) is 3. The minimum Gasteiger partial charge on any atom is -0.490 e. The molecule has 1 aliphatic heterocycles. The van der Waals surface area contributed by atoms with Crippen molar-refractivity contribution in [3.63, 3.8) is 0 Å². The number of rotatable bonds is 5. The molecule has 0 bridgehead atoms. The summed E-state index contributed by atoms with van der Waals surface area (Å²) in [5.74, 6) is 0.997. The van der Waals surface area contributed by atoms with Gasteiger partial charge in [0.05, 0.1) is 11.7 Å². The minimum absolute atomic E-state index is 0.000756. The van der Waals surface area contributed by atoms with Crippen LogP contribution < -0.4 is 10.5 Å². The van der Waals surface area contributed by atoms with Crippen LogP contribution >= 0.6 is 0 Å². The Balaban J connectivity index is 2.00. The van der Waals surface area contributed by atoms with Crippen molar-refractivity contribution in [3.05, 3.63) is 28.8 Å². The molecular formula is C18H29NO2. The third-order valence-corrected chi connectivity index (χ3v) is 4.05. The summed E-state index contributed by atoms with van der Waals surface area (Å²) in [6, 6.07) is 4.56. The Kier molecular flexibility index (Phi) is 4.95. The van der Waals surface area contributed by atoms with E-state index in [-0.39, 0.29) is 17.7 Å². The molecule has 3 nitrogen and oxygen atoms in total. The van der Waals surface area contributed by atoms with Crippen LogP contribution in [0.5, 0.6) is 5.75 Å². The molecule has 0 aliphatic carbocycles. The topological polar surface area (TPSA) is 44.5 Å². The van der Waals surface area contributed by atoms with E-state index in [1.807, 2.05) is 6.92 Å². The van der Waals surface area contributed by atoms with E-state index in [4.69, 9.17) is 15.2 Å². The minimum atomic E-state index is -0.000756. The fourth-order valence-electron chi connectivity index (χ4n) is 3.13. The van der Waals surface area contributed by atoms with Crippen molar-refractivity contribution >= 4 is 0 Å². The lowest BCUT2D eigenvalue weighted by atomic mass is 10.0. The molecule has 2 rings (SSSR count). The third-order valence-electron chi connectivity index (χ3n) is 4.05. The molecule has 0 radical (unpaired) electrons. The van der Waals surface area contributed by atoms with Crippen LogP contribution in [0.15, 0.2) is 12.1 Å². The first-order chi connectivity index (χ1) is 9.77. The Bertz CT molecular complexity index is 471. The Morgan fingerprint density at radius 3 is 2.43 bits per heavy atom. The van der Waals surface area contributed by atoms with Gasteiger partial charge in [-0.15, -0.1) is 0 Å². The van der Waals surface area contributed by atoms with E-state index >= 15 is 0 Å². The predicted molar refractivity (Wildman–Crippen MR) is 87.0 cm³/mol. The highest BCUT2D eigenvalue weighted by Crippen LogP contribution is 2.31. The van der Waals surface area contributed by atoms with Crippen molar-refractivity contribution in [2.75, 3.05) is 6.61 Å². The number of ether oxygens (including phenoxy) is 2. The van der Waals surface area contributed by atoms with Gasteiger partial charge in [0.15, 0.2) is 0 Å². The maximum absolute atomic E-state index is 6.05. The van der Waals surface area contributed by atoms with E-state index in [1.54, 1.807) is 0 Å². The zero-order chi connectivity index (χ0) is 15.6. The first-order valence-electron chi connectivity index (χ1n) is 7.93. The number of aryl methyl sites for hydroxylation is 2. The predicted octanol–water partition coefficient (Wildman–Crippen LogP) is 3.53. The Labute approximate surface area is 128 Å². The van der Waals surface area contributed by atoms with Crippen molar-refractivity contribution < 1.29 is 9.47 Å². The first kappa shape index (κ1) is 16.3. The molecule has 1 aromatic rings. The summed E-state index contributed by atoms with van der Waals surface area (Å²) >= 11 is 0. The summed E-state index contributed by atoms with van der Waals surface area (Å²) in [6.07, 6.45) is 3.30. The van der Waals surface area contributed by atoms with Crippen molar-refractivity contribution in [1.82, 2.24) is 0 Å². The molecule has 118 valence electrons. The van der Waals surface area contributed by atoms with Crippen LogP contribution in [0.1, 0.15) is 50.3 Å². The molecule has 0 amide bonds. The number of hydrogen-bond donors (Lipinski definition) is 1. The molecule has 1 fully saturated rings. The highest BCUT2D eigenvalue weighted by molar-refractivity contribution is 5.43. The molecule has 2 unspecified atom stereocenters. The van der Waals surface area contributed by atoms with Crippen LogP contribution in [0.25, 0.3) is 0 Å². The molecule has 1 aliphatic rings. The maximum Gasteiger partial charge on any atom is 0.125 e. The lowest BCUT2D eigenvalue weighted by Crippen LogP contribution is -2.24. The van der Waals surface area contributed by atoms with Crippen LogP contribution in [0.4, 0.5) is 0 Å².